The first-order valence-corrected chi connectivity index (χ1v) is 6.44. The average molecular weight is 282 g/mol. The molecule has 0 bridgehead atoms. The van der Waals surface area contributed by atoms with E-state index in [1.807, 2.05) is 12.1 Å². The van der Waals surface area contributed by atoms with Gasteiger partial charge < -0.3 is 10.1 Å². The van der Waals surface area contributed by atoms with Crippen molar-refractivity contribution in [3.63, 3.8) is 0 Å². The first-order valence-electron chi connectivity index (χ1n) is 5.65. The number of rotatable bonds is 3. The molecule has 1 aromatic carbocycles. The van der Waals surface area contributed by atoms with Gasteiger partial charge in [-0.25, -0.2) is 0 Å². The number of nitrogens with one attached hydrogen (secondary N) is 1. The summed E-state index contributed by atoms with van der Waals surface area (Å²) in [6.45, 7) is 1.67. The molecule has 1 aliphatic heterocycles. The molecule has 1 fully saturated rings. The summed E-state index contributed by atoms with van der Waals surface area (Å²) in [5, 5.41) is 7.62. The Balaban J connectivity index is 2.17. The van der Waals surface area contributed by atoms with E-state index in [4.69, 9.17) is 10.1 Å². The summed E-state index contributed by atoms with van der Waals surface area (Å²) in [6.07, 6.45) is 3.71. The van der Waals surface area contributed by atoms with Gasteiger partial charge in [-0.1, -0.05) is 28.1 Å². The SMILES string of the molecule is N=CC(c1cccc(Br)c1)C1CCOCC1. The Kier molecular flexibility index (Phi) is 4.13. The predicted molar refractivity (Wildman–Crippen MR) is 69.2 cm³/mol. The molecular formula is C13H16BrNO. The summed E-state index contributed by atoms with van der Waals surface area (Å²) >= 11 is 3.48. The van der Waals surface area contributed by atoms with Crippen LogP contribution >= 0.6 is 15.9 Å². The highest BCUT2D eigenvalue weighted by atomic mass is 79.9. The highest BCUT2D eigenvalue weighted by Gasteiger charge is 2.23. The first-order chi connectivity index (χ1) is 7.81. The van der Waals surface area contributed by atoms with Crippen molar-refractivity contribution >= 4 is 22.1 Å². The van der Waals surface area contributed by atoms with Crippen LogP contribution in [-0.4, -0.2) is 19.4 Å². The van der Waals surface area contributed by atoms with Crippen LogP contribution in [0.25, 0.3) is 0 Å². The maximum absolute atomic E-state index is 7.62. The molecule has 86 valence electrons. The van der Waals surface area contributed by atoms with Gasteiger partial charge in [0.15, 0.2) is 0 Å². The monoisotopic (exact) mass is 281 g/mol. The third-order valence-electron chi connectivity index (χ3n) is 3.19. The van der Waals surface area contributed by atoms with Crippen molar-refractivity contribution < 1.29 is 4.74 Å². The summed E-state index contributed by atoms with van der Waals surface area (Å²) in [6, 6.07) is 8.28. The number of benzene rings is 1. The molecule has 0 amide bonds. The van der Waals surface area contributed by atoms with Crippen LogP contribution in [0.2, 0.25) is 0 Å². The zero-order valence-electron chi connectivity index (χ0n) is 9.16. The van der Waals surface area contributed by atoms with Gasteiger partial charge in [-0.05, 0) is 36.5 Å². The number of halogens is 1. The van der Waals surface area contributed by atoms with Gasteiger partial charge in [-0.3, -0.25) is 0 Å². The second kappa shape index (κ2) is 5.60. The van der Waals surface area contributed by atoms with Crippen molar-refractivity contribution in [2.75, 3.05) is 13.2 Å². The number of ether oxygens (including phenoxy) is 1. The Hall–Kier alpha value is -0.670. The summed E-state index contributed by atoms with van der Waals surface area (Å²) in [4.78, 5) is 0. The zero-order chi connectivity index (χ0) is 11.4. The normalized spacial score (nSPS) is 19.3. The summed E-state index contributed by atoms with van der Waals surface area (Å²) in [5.74, 6) is 0.793. The lowest BCUT2D eigenvalue weighted by Gasteiger charge is -2.28. The van der Waals surface area contributed by atoms with Crippen molar-refractivity contribution in [1.29, 1.82) is 5.41 Å². The summed E-state index contributed by atoms with van der Waals surface area (Å²) in [5.41, 5.74) is 1.23. The second-order valence-electron chi connectivity index (χ2n) is 4.20. The molecule has 1 N–H and O–H groups in total. The Morgan fingerprint density at radius 1 is 1.38 bits per heavy atom. The van der Waals surface area contributed by atoms with Crippen LogP contribution in [0.5, 0.6) is 0 Å². The molecule has 0 saturated carbocycles. The topological polar surface area (TPSA) is 33.1 Å². The molecule has 1 heterocycles. The maximum Gasteiger partial charge on any atom is 0.0469 e. The van der Waals surface area contributed by atoms with E-state index in [9.17, 15) is 0 Å². The van der Waals surface area contributed by atoms with Crippen molar-refractivity contribution in [3.8, 4) is 0 Å². The molecule has 1 atom stereocenters. The van der Waals surface area contributed by atoms with Gasteiger partial charge in [0.1, 0.15) is 0 Å². The fraction of sp³-hybridized carbons (Fsp3) is 0.462. The lowest BCUT2D eigenvalue weighted by molar-refractivity contribution is 0.0642. The quantitative estimate of drug-likeness (QED) is 0.844. The van der Waals surface area contributed by atoms with E-state index in [0.29, 0.717) is 5.92 Å². The summed E-state index contributed by atoms with van der Waals surface area (Å²) < 4.78 is 6.46. The van der Waals surface area contributed by atoms with E-state index < -0.39 is 0 Å². The number of hydrogen-bond acceptors (Lipinski definition) is 2. The molecular weight excluding hydrogens is 266 g/mol. The standard InChI is InChI=1S/C13H16BrNO/c14-12-3-1-2-11(8-12)13(9-15)10-4-6-16-7-5-10/h1-3,8-10,13,15H,4-7H2. The van der Waals surface area contributed by atoms with E-state index >= 15 is 0 Å². The molecule has 16 heavy (non-hydrogen) atoms. The molecule has 1 aromatic rings. The minimum absolute atomic E-state index is 0.237. The lowest BCUT2D eigenvalue weighted by Crippen LogP contribution is -2.22. The Labute approximate surface area is 105 Å². The van der Waals surface area contributed by atoms with Crippen molar-refractivity contribution in [2.24, 2.45) is 5.92 Å². The molecule has 3 heteroatoms. The Bertz CT molecular complexity index is 361. The highest BCUT2D eigenvalue weighted by molar-refractivity contribution is 9.10. The van der Waals surface area contributed by atoms with Crippen LogP contribution in [0, 0.1) is 11.3 Å². The van der Waals surface area contributed by atoms with Gasteiger partial charge in [-0.2, -0.15) is 0 Å². The molecule has 2 rings (SSSR count). The van der Waals surface area contributed by atoms with E-state index in [0.717, 1.165) is 30.5 Å². The average Bonchev–Trinajstić information content (AvgIpc) is 2.31. The molecule has 0 spiro atoms. The predicted octanol–water partition coefficient (Wildman–Crippen LogP) is 3.61. The zero-order valence-corrected chi connectivity index (χ0v) is 10.7. The molecule has 2 nitrogen and oxygen atoms in total. The van der Waals surface area contributed by atoms with Crippen molar-refractivity contribution in [2.45, 2.75) is 18.8 Å². The molecule has 1 saturated heterocycles. The minimum atomic E-state index is 0.237. The van der Waals surface area contributed by atoms with Crippen LogP contribution < -0.4 is 0 Å². The Morgan fingerprint density at radius 2 is 2.12 bits per heavy atom. The van der Waals surface area contributed by atoms with Crippen LogP contribution in [-0.2, 0) is 4.74 Å². The first kappa shape index (κ1) is 11.8. The smallest absolute Gasteiger partial charge is 0.0469 e. The molecule has 0 aromatic heterocycles. The largest absolute Gasteiger partial charge is 0.381 e. The van der Waals surface area contributed by atoms with E-state index in [2.05, 4.69) is 28.1 Å². The third kappa shape index (κ3) is 2.71. The van der Waals surface area contributed by atoms with Gasteiger partial charge in [0.2, 0.25) is 0 Å². The van der Waals surface area contributed by atoms with Crippen LogP contribution in [0.4, 0.5) is 0 Å². The van der Waals surface area contributed by atoms with Crippen molar-refractivity contribution in [3.05, 3.63) is 34.3 Å². The number of hydrogen-bond donors (Lipinski definition) is 1. The van der Waals surface area contributed by atoms with E-state index in [1.165, 1.54) is 5.56 Å². The van der Waals surface area contributed by atoms with Gasteiger partial charge in [0.25, 0.3) is 0 Å². The van der Waals surface area contributed by atoms with Crippen LogP contribution in [0.15, 0.2) is 28.7 Å². The maximum atomic E-state index is 7.62. The van der Waals surface area contributed by atoms with E-state index in [1.54, 1.807) is 6.21 Å². The minimum Gasteiger partial charge on any atom is -0.381 e. The van der Waals surface area contributed by atoms with Crippen LogP contribution in [0.3, 0.4) is 0 Å². The highest BCUT2D eigenvalue weighted by Crippen LogP contribution is 2.31. The molecule has 0 aliphatic carbocycles. The van der Waals surface area contributed by atoms with E-state index in [-0.39, 0.29) is 5.92 Å². The molecule has 1 unspecified atom stereocenters. The third-order valence-corrected chi connectivity index (χ3v) is 3.68. The fourth-order valence-electron chi connectivity index (χ4n) is 2.29. The van der Waals surface area contributed by atoms with Gasteiger partial charge in [0.05, 0.1) is 0 Å². The van der Waals surface area contributed by atoms with Crippen LogP contribution in [0.1, 0.15) is 24.3 Å². The summed E-state index contributed by atoms with van der Waals surface area (Å²) in [7, 11) is 0. The fourth-order valence-corrected chi connectivity index (χ4v) is 2.71. The molecule has 0 radical (unpaired) electrons. The second-order valence-corrected chi connectivity index (χ2v) is 5.11. The van der Waals surface area contributed by atoms with Crippen molar-refractivity contribution in [1.82, 2.24) is 0 Å². The van der Waals surface area contributed by atoms with Gasteiger partial charge in [0, 0.05) is 29.8 Å². The molecule has 1 aliphatic rings. The van der Waals surface area contributed by atoms with Gasteiger partial charge >= 0.3 is 0 Å². The Morgan fingerprint density at radius 3 is 2.75 bits per heavy atom. The lowest BCUT2D eigenvalue weighted by atomic mass is 9.82. The van der Waals surface area contributed by atoms with Gasteiger partial charge in [-0.15, -0.1) is 0 Å².